The van der Waals surface area contributed by atoms with Crippen LogP contribution in [0.15, 0.2) is 24.3 Å². The lowest BCUT2D eigenvalue weighted by atomic mass is 10.1. The molecule has 2 aliphatic heterocycles. The van der Waals surface area contributed by atoms with Crippen molar-refractivity contribution in [3.8, 4) is 0 Å². The van der Waals surface area contributed by atoms with E-state index in [1.165, 1.54) is 0 Å². The summed E-state index contributed by atoms with van der Waals surface area (Å²) in [7, 11) is 0. The van der Waals surface area contributed by atoms with Gasteiger partial charge in [-0.2, -0.15) is 0 Å². The van der Waals surface area contributed by atoms with E-state index in [9.17, 15) is 14.4 Å². The minimum Gasteiger partial charge on any atom is -0.368 e. The highest BCUT2D eigenvalue weighted by Gasteiger charge is 2.33. The number of imide groups is 1. The summed E-state index contributed by atoms with van der Waals surface area (Å²) >= 11 is 6.00. The number of amides is 4. The van der Waals surface area contributed by atoms with Crippen molar-refractivity contribution in [3.63, 3.8) is 0 Å². The molecule has 122 valence electrons. The highest BCUT2D eigenvalue weighted by Crippen LogP contribution is 2.21. The van der Waals surface area contributed by atoms with E-state index in [4.69, 9.17) is 11.6 Å². The highest BCUT2D eigenvalue weighted by atomic mass is 35.5. The second-order valence-electron chi connectivity index (χ2n) is 5.57. The standard InChI is InChI=1S/C15H17ClN4O3/c16-10-2-1-3-11(8-10)19-4-6-20(7-5-19)13(21)9-12-14(22)18-15(23)17-12/h1-3,8,12H,4-7,9H2,(H2,17,18,22,23). The molecule has 0 saturated carbocycles. The van der Waals surface area contributed by atoms with Crippen LogP contribution in [0, 0.1) is 0 Å². The molecule has 4 amide bonds. The Balaban J connectivity index is 1.53. The second kappa shape index (κ2) is 6.45. The molecule has 2 fully saturated rings. The average Bonchev–Trinajstić information content (AvgIpc) is 2.85. The third kappa shape index (κ3) is 3.56. The molecule has 7 nitrogen and oxygen atoms in total. The molecule has 2 saturated heterocycles. The fraction of sp³-hybridized carbons (Fsp3) is 0.400. The number of benzene rings is 1. The van der Waals surface area contributed by atoms with Crippen LogP contribution < -0.4 is 15.5 Å². The number of rotatable bonds is 3. The molecule has 0 bridgehead atoms. The molecule has 0 aliphatic carbocycles. The molecule has 0 spiro atoms. The van der Waals surface area contributed by atoms with Gasteiger partial charge in [-0.3, -0.25) is 14.9 Å². The van der Waals surface area contributed by atoms with Crippen LogP contribution >= 0.6 is 11.6 Å². The van der Waals surface area contributed by atoms with Gasteiger partial charge in [0, 0.05) is 36.9 Å². The molecular weight excluding hydrogens is 320 g/mol. The molecular formula is C15H17ClN4O3. The topological polar surface area (TPSA) is 81.8 Å². The van der Waals surface area contributed by atoms with Gasteiger partial charge in [-0.25, -0.2) is 4.79 Å². The Hall–Kier alpha value is -2.28. The lowest BCUT2D eigenvalue weighted by Gasteiger charge is -2.36. The van der Waals surface area contributed by atoms with Gasteiger partial charge < -0.3 is 15.1 Å². The van der Waals surface area contributed by atoms with E-state index >= 15 is 0 Å². The van der Waals surface area contributed by atoms with Gasteiger partial charge in [0.25, 0.3) is 5.91 Å². The zero-order chi connectivity index (χ0) is 16.4. The van der Waals surface area contributed by atoms with E-state index in [-0.39, 0.29) is 12.3 Å². The van der Waals surface area contributed by atoms with E-state index in [0.29, 0.717) is 31.2 Å². The summed E-state index contributed by atoms with van der Waals surface area (Å²) in [4.78, 5) is 38.7. The Labute approximate surface area is 138 Å². The predicted molar refractivity (Wildman–Crippen MR) is 85.3 cm³/mol. The zero-order valence-electron chi connectivity index (χ0n) is 12.4. The zero-order valence-corrected chi connectivity index (χ0v) is 13.2. The summed E-state index contributed by atoms with van der Waals surface area (Å²) in [5, 5.41) is 5.26. The molecule has 1 unspecified atom stereocenters. The number of nitrogens with zero attached hydrogens (tertiary/aromatic N) is 2. The van der Waals surface area contributed by atoms with Crippen molar-refractivity contribution < 1.29 is 14.4 Å². The van der Waals surface area contributed by atoms with Crippen molar-refractivity contribution >= 4 is 35.1 Å². The van der Waals surface area contributed by atoms with Crippen LogP contribution in [0.4, 0.5) is 10.5 Å². The van der Waals surface area contributed by atoms with Crippen molar-refractivity contribution in [2.24, 2.45) is 0 Å². The van der Waals surface area contributed by atoms with Crippen LogP contribution in [-0.2, 0) is 9.59 Å². The first kappa shape index (κ1) is 15.6. The first-order valence-electron chi connectivity index (χ1n) is 7.42. The molecule has 1 aromatic rings. The van der Waals surface area contributed by atoms with E-state index in [1.807, 2.05) is 24.3 Å². The lowest BCUT2D eigenvalue weighted by molar-refractivity contribution is -0.134. The molecule has 0 radical (unpaired) electrons. The number of hydrogen-bond acceptors (Lipinski definition) is 4. The molecule has 1 atom stereocenters. The number of carbonyl (C=O) groups is 3. The number of carbonyl (C=O) groups excluding carboxylic acids is 3. The van der Waals surface area contributed by atoms with Crippen LogP contribution in [0.5, 0.6) is 0 Å². The number of piperazine rings is 1. The summed E-state index contributed by atoms with van der Waals surface area (Å²) in [6, 6.07) is 6.31. The maximum atomic E-state index is 12.3. The van der Waals surface area contributed by atoms with E-state index in [1.54, 1.807) is 4.90 Å². The second-order valence-corrected chi connectivity index (χ2v) is 6.00. The Kier molecular flexibility index (Phi) is 4.38. The van der Waals surface area contributed by atoms with E-state index in [0.717, 1.165) is 5.69 Å². The van der Waals surface area contributed by atoms with Gasteiger partial charge in [0.05, 0.1) is 6.42 Å². The summed E-state index contributed by atoms with van der Waals surface area (Å²) in [5.41, 5.74) is 1.03. The smallest absolute Gasteiger partial charge is 0.322 e. The molecule has 2 heterocycles. The first-order chi connectivity index (χ1) is 11.0. The van der Waals surface area contributed by atoms with Gasteiger partial charge in [0.2, 0.25) is 5.91 Å². The molecule has 2 N–H and O–H groups in total. The van der Waals surface area contributed by atoms with Gasteiger partial charge in [-0.1, -0.05) is 17.7 Å². The highest BCUT2D eigenvalue weighted by molar-refractivity contribution is 6.30. The number of anilines is 1. The number of urea groups is 1. The Morgan fingerprint density at radius 1 is 1.22 bits per heavy atom. The SMILES string of the molecule is O=C1NC(=O)C(CC(=O)N2CCN(c3cccc(Cl)c3)CC2)N1. The largest absolute Gasteiger partial charge is 0.368 e. The minimum atomic E-state index is -0.763. The monoisotopic (exact) mass is 336 g/mol. The fourth-order valence-electron chi connectivity index (χ4n) is 2.79. The van der Waals surface area contributed by atoms with Gasteiger partial charge in [0.1, 0.15) is 6.04 Å². The summed E-state index contributed by atoms with van der Waals surface area (Å²) in [6.45, 7) is 2.56. The normalized spacial score (nSPS) is 21.2. The van der Waals surface area contributed by atoms with Crippen molar-refractivity contribution in [2.75, 3.05) is 31.1 Å². The van der Waals surface area contributed by atoms with Gasteiger partial charge in [-0.15, -0.1) is 0 Å². The van der Waals surface area contributed by atoms with Crippen LogP contribution in [0.25, 0.3) is 0 Å². The minimum absolute atomic E-state index is 0.00522. The maximum absolute atomic E-state index is 12.3. The van der Waals surface area contributed by atoms with Gasteiger partial charge >= 0.3 is 6.03 Å². The van der Waals surface area contributed by atoms with E-state index in [2.05, 4.69) is 15.5 Å². The van der Waals surface area contributed by atoms with Crippen LogP contribution in [0.1, 0.15) is 6.42 Å². The van der Waals surface area contributed by atoms with Gasteiger partial charge in [0.15, 0.2) is 0 Å². The molecule has 8 heteroatoms. The summed E-state index contributed by atoms with van der Waals surface area (Å²) in [5.74, 6) is -0.570. The van der Waals surface area contributed by atoms with Gasteiger partial charge in [-0.05, 0) is 18.2 Å². The van der Waals surface area contributed by atoms with Crippen molar-refractivity contribution in [2.45, 2.75) is 12.5 Å². The third-order valence-electron chi connectivity index (χ3n) is 4.04. The Morgan fingerprint density at radius 2 is 1.96 bits per heavy atom. The number of halogens is 1. The maximum Gasteiger partial charge on any atom is 0.322 e. The molecule has 1 aromatic carbocycles. The van der Waals surface area contributed by atoms with Crippen LogP contribution in [-0.4, -0.2) is 55.0 Å². The predicted octanol–water partition coefficient (Wildman–Crippen LogP) is 0.587. The molecule has 23 heavy (non-hydrogen) atoms. The first-order valence-corrected chi connectivity index (χ1v) is 7.80. The Morgan fingerprint density at radius 3 is 2.57 bits per heavy atom. The van der Waals surface area contributed by atoms with Crippen molar-refractivity contribution in [3.05, 3.63) is 29.3 Å². The van der Waals surface area contributed by atoms with Crippen LogP contribution in [0.3, 0.4) is 0 Å². The number of hydrogen-bond donors (Lipinski definition) is 2. The van der Waals surface area contributed by atoms with E-state index < -0.39 is 18.0 Å². The third-order valence-corrected chi connectivity index (χ3v) is 4.28. The lowest BCUT2D eigenvalue weighted by Crippen LogP contribution is -2.50. The molecule has 3 rings (SSSR count). The fourth-order valence-corrected chi connectivity index (χ4v) is 2.98. The molecule has 0 aromatic heterocycles. The summed E-state index contributed by atoms with van der Waals surface area (Å²) in [6.07, 6.45) is -0.00522. The van der Waals surface area contributed by atoms with Crippen molar-refractivity contribution in [1.29, 1.82) is 0 Å². The number of nitrogens with one attached hydrogen (secondary N) is 2. The summed E-state index contributed by atoms with van der Waals surface area (Å²) < 4.78 is 0. The average molecular weight is 337 g/mol. The Bertz CT molecular complexity index is 643. The quantitative estimate of drug-likeness (QED) is 0.791. The molecule has 2 aliphatic rings. The van der Waals surface area contributed by atoms with Crippen molar-refractivity contribution in [1.82, 2.24) is 15.5 Å². The van der Waals surface area contributed by atoms with Crippen LogP contribution in [0.2, 0.25) is 5.02 Å².